The Hall–Kier alpha value is -1.95. The Balaban J connectivity index is 2.50. The van der Waals surface area contributed by atoms with E-state index in [4.69, 9.17) is 0 Å². The molecular formula is C13H16N4OS. The van der Waals surface area contributed by atoms with Crippen molar-refractivity contribution in [2.45, 2.75) is 13.8 Å². The molecule has 0 bridgehead atoms. The fraction of sp³-hybridized carbons (Fsp3) is 0.308. The van der Waals surface area contributed by atoms with Crippen LogP contribution in [0, 0.1) is 6.92 Å². The van der Waals surface area contributed by atoms with Gasteiger partial charge in [-0.15, -0.1) is 17.9 Å². The molecule has 1 amide bonds. The van der Waals surface area contributed by atoms with E-state index in [-0.39, 0.29) is 5.91 Å². The number of aromatic nitrogens is 2. The molecule has 2 aromatic rings. The monoisotopic (exact) mass is 276 g/mol. The lowest BCUT2D eigenvalue weighted by Gasteiger charge is -2.04. The van der Waals surface area contributed by atoms with Gasteiger partial charge in [0.1, 0.15) is 17.0 Å². The van der Waals surface area contributed by atoms with E-state index in [1.54, 1.807) is 6.08 Å². The third-order valence-corrected chi connectivity index (χ3v) is 3.88. The number of nitrogens with one attached hydrogen (secondary N) is 2. The van der Waals surface area contributed by atoms with Gasteiger partial charge in [-0.05, 0) is 19.4 Å². The summed E-state index contributed by atoms with van der Waals surface area (Å²) in [5.41, 5.74) is 0.915. The van der Waals surface area contributed by atoms with Gasteiger partial charge in [-0.25, -0.2) is 9.97 Å². The lowest BCUT2D eigenvalue weighted by Crippen LogP contribution is -2.22. The zero-order valence-electron chi connectivity index (χ0n) is 11.0. The van der Waals surface area contributed by atoms with Gasteiger partial charge in [0.05, 0.1) is 10.3 Å². The Morgan fingerprint density at radius 1 is 1.53 bits per heavy atom. The first-order valence-electron chi connectivity index (χ1n) is 6.06. The van der Waals surface area contributed by atoms with Crippen molar-refractivity contribution in [3.8, 4) is 0 Å². The van der Waals surface area contributed by atoms with Crippen LogP contribution in [0.4, 0.5) is 5.82 Å². The number of hydrogen-bond acceptors (Lipinski definition) is 5. The highest BCUT2D eigenvalue weighted by Crippen LogP contribution is 2.33. The van der Waals surface area contributed by atoms with E-state index < -0.39 is 0 Å². The molecule has 0 aromatic carbocycles. The van der Waals surface area contributed by atoms with Crippen LogP contribution in [0.1, 0.15) is 22.2 Å². The Morgan fingerprint density at radius 3 is 3.00 bits per heavy atom. The maximum atomic E-state index is 12.0. The van der Waals surface area contributed by atoms with Crippen molar-refractivity contribution in [2.24, 2.45) is 0 Å². The van der Waals surface area contributed by atoms with Gasteiger partial charge in [-0.2, -0.15) is 0 Å². The Bertz CT molecular complexity index is 620. The number of carbonyl (C=O) groups is 1. The average molecular weight is 276 g/mol. The van der Waals surface area contributed by atoms with E-state index in [2.05, 4.69) is 27.2 Å². The molecule has 19 heavy (non-hydrogen) atoms. The standard InChI is InChI=1S/C13H16N4OS/c1-4-6-15-11-9-8(3)10(12(18)14-5-2)19-13(9)17-7-16-11/h4,7H,1,5-6H2,2-3H3,(H,14,18)(H,15,16,17). The maximum Gasteiger partial charge on any atom is 0.261 e. The molecule has 2 rings (SSSR count). The molecule has 100 valence electrons. The molecule has 0 radical (unpaired) electrons. The summed E-state index contributed by atoms with van der Waals surface area (Å²) in [6.45, 7) is 8.73. The van der Waals surface area contributed by atoms with E-state index in [9.17, 15) is 4.79 Å². The third kappa shape index (κ3) is 2.58. The normalized spacial score (nSPS) is 10.4. The Kier molecular flexibility index (Phi) is 4.11. The lowest BCUT2D eigenvalue weighted by atomic mass is 10.2. The number of rotatable bonds is 5. The van der Waals surface area contributed by atoms with Gasteiger partial charge in [0, 0.05) is 13.1 Å². The van der Waals surface area contributed by atoms with Crippen LogP contribution in [-0.2, 0) is 0 Å². The molecule has 0 aliphatic heterocycles. The van der Waals surface area contributed by atoms with Gasteiger partial charge < -0.3 is 10.6 Å². The first-order valence-corrected chi connectivity index (χ1v) is 6.87. The van der Waals surface area contributed by atoms with Crippen LogP contribution >= 0.6 is 11.3 Å². The molecule has 0 fully saturated rings. The summed E-state index contributed by atoms with van der Waals surface area (Å²) in [5.74, 6) is 0.687. The van der Waals surface area contributed by atoms with Crippen molar-refractivity contribution in [3.05, 3.63) is 29.4 Å². The number of anilines is 1. The van der Waals surface area contributed by atoms with Crippen LogP contribution in [0.15, 0.2) is 19.0 Å². The van der Waals surface area contributed by atoms with E-state index in [1.807, 2.05) is 13.8 Å². The molecule has 0 atom stereocenters. The van der Waals surface area contributed by atoms with Crippen LogP contribution in [0.2, 0.25) is 0 Å². The summed E-state index contributed by atoms with van der Waals surface area (Å²) in [5, 5.41) is 6.89. The highest BCUT2D eigenvalue weighted by molar-refractivity contribution is 7.20. The fourth-order valence-corrected chi connectivity index (χ4v) is 2.90. The van der Waals surface area contributed by atoms with Gasteiger partial charge >= 0.3 is 0 Å². The molecule has 2 heterocycles. The summed E-state index contributed by atoms with van der Waals surface area (Å²) >= 11 is 1.39. The molecule has 0 aliphatic rings. The average Bonchev–Trinajstić information content (AvgIpc) is 2.75. The van der Waals surface area contributed by atoms with E-state index in [1.165, 1.54) is 17.7 Å². The van der Waals surface area contributed by atoms with Crippen LogP contribution in [0.25, 0.3) is 10.2 Å². The molecule has 0 unspecified atom stereocenters. The van der Waals surface area contributed by atoms with Crippen LogP contribution in [-0.4, -0.2) is 29.0 Å². The topological polar surface area (TPSA) is 66.9 Å². The highest BCUT2D eigenvalue weighted by Gasteiger charge is 2.18. The number of carbonyl (C=O) groups excluding carboxylic acids is 1. The van der Waals surface area contributed by atoms with Crippen molar-refractivity contribution in [1.82, 2.24) is 15.3 Å². The molecule has 2 aromatic heterocycles. The number of hydrogen-bond donors (Lipinski definition) is 2. The van der Waals surface area contributed by atoms with E-state index in [0.717, 1.165) is 21.6 Å². The van der Waals surface area contributed by atoms with E-state index >= 15 is 0 Å². The van der Waals surface area contributed by atoms with Crippen LogP contribution < -0.4 is 10.6 Å². The quantitative estimate of drug-likeness (QED) is 0.823. The van der Waals surface area contributed by atoms with Crippen molar-refractivity contribution in [2.75, 3.05) is 18.4 Å². The largest absolute Gasteiger partial charge is 0.366 e. The number of aryl methyl sites for hydroxylation is 1. The van der Waals surface area contributed by atoms with E-state index in [0.29, 0.717) is 18.0 Å². The minimum absolute atomic E-state index is 0.0577. The predicted molar refractivity (Wildman–Crippen MR) is 78.8 cm³/mol. The number of amides is 1. The summed E-state index contributed by atoms with van der Waals surface area (Å²) in [4.78, 5) is 22.0. The highest BCUT2D eigenvalue weighted by atomic mass is 32.1. The zero-order chi connectivity index (χ0) is 13.8. The molecule has 0 saturated heterocycles. The van der Waals surface area contributed by atoms with Gasteiger partial charge in [-0.3, -0.25) is 4.79 Å². The summed E-state index contributed by atoms with van der Waals surface area (Å²) in [7, 11) is 0. The van der Waals surface area contributed by atoms with Crippen molar-refractivity contribution >= 4 is 33.3 Å². The Labute approximate surface area is 115 Å². The molecule has 0 saturated carbocycles. The molecule has 0 spiro atoms. The summed E-state index contributed by atoms with van der Waals surface area (Å²) < 4.78 is 0. The molecule has 6 heteroatoms. The fourth-order valence-electron chi connectivity index (χ4n) is 1.83. The molecule has 5 nitrogen and oxygen atoms in total. The third-order valence-electron chi connectivity index (χ3n) is 2.68. The number of thiophene rings is 1. The predicted octanol–water partition coefficient (Wildman–Crippen LogP) is 2.35. The van der Waals surface area contributed by atoms with Crippen molar-refractivity contribution < 1.29 is 4.79 Å². The van der Waals surface area contributed by atoms with Gasteiger partial charge in [0.15, 0.2) is 0 Å². The second kappa shape index (κ2) is 5.79. The minimum atomic E-state index is -0.0577. The number of fused-ring (bicyclic) bond motifs is 1. The first-order chi connectivity index (χ1) is 9.19. The SMILES string of the molecule is C=CCNc1ncnc2sc(C(=O)NCC)c(C)c12. The second-order valence-corrected chi connectivity index (χ2v) is 4.99. The van der Waals surface area contributed by atoms with Gasteiger partial charge in [0.25, 0.3) is 5.91 Å². The van der Waals surface area contributed by atoms with Crippen molar-refractivity contribution in [1.29, 1.82) is 0 Å². The lowest BCUT2D eigenvalue weighted by molar-refractivity contribution is 0.0959. The first kappa shape index (κ1) is 13.5. The molecule has 0 aliphatic carbocycles. The van der Waals surface area contributed by atoms with Gasteiger partial charge in [0.2, 0.25) is 0 Å². The summed E-state index contributed by atoms with van der Waals surface area (Å²) in [6, 6.07) is 0. The zero-order valence-corrected chi connectivity index (χ0v) is 11.8. The minimum Gasteiger partial charge on any atom is -0.366 e. The smallest absolute Gasteiger partial charge is 0.261 e. The van der Waals surface area contributed by atoms with Gasteiger partial charge in [-0.1, -0.05) is 6.08 Å². The molecule has 2 N–H and O–H groups in total. The molecular weight excluding hydrogens is 260 g/mol. The summed E-state index contributed by atoms with van der Waals surface area (Å²) in [6.07, 6.45) is 3.27. The van der Waals surface area contributed by atoms with Crippen molar-refractivity contribution in [3.63, 3.8) is 0 Å². The maximum absolute atomic E-state index is 12.0. The van der Waals surface area contributed by atoms with Crippen LogP contribution in [0.5, 0.6) is 0 Å². The van der Waals surface area contributed by atoms with Crippen LogP contribution in [0.3, 0.4) is 0 Å². The Morgan fingerprint density at radius 2 is 2.32 bits per heavy atom. The number of nitrogens with zero attached hydrogens (tertiary/aromatic N) is 2. The second-order valence-electron chi connectivity index (χ2n) is 3.99.